The Bertz CT molecular complexity index is 510. The van der Waals surface area contributed by atoms with E-state index in [-0.39, 0.29) is 11.7 Å². The smallest absolute Gasteiger partial charge is 0.255 e. The van der Waals surface area contributed by atoms with Crippen molar-refractivity contribution in [2.45, 2.75) is 12.8 Å². The van der Waals surface area contributed by atoms with E-state index in [2.05, 4.69) is 9.88 Å². The fourth-order valence-corrected chi connectivity index (χ4v) is 2.71. The van der Waals surface area contributed by atoms with Crippen molar-refractivity contribution in [3.05, 3.63) is 22.8 Å². The first-order valence-electron chi connectivity index (χ1n) is 7.06. The molecule has 2 fully saturated rings. The molecule has 1 aliphatic heterocycles. The summed E-state index contributed by atoms with van der Waals surface area (Å²) in [7, 11) is 0. The highest BCUT2D eigenvalue weighted by atomic mass is 35.5. The molecule has 0 aromatic carbocycles. The number of halogens is 1. The van der Waals surface area contributed by atoms with Gasteiger partial charge in [0, 0.05) is 38.9 Å². The Morgan fingerprint density at radius 1 is 1.35 bits per heavy atom. The molecular formula is C14H19ClN4O. The molecule has 6 heteroatoms. The summed E-state index contributed by atoms with van der Waals surface area (Å²) in [5.41, 5.74) is 6.08. The Hall–Kier alpha value is -1.33. The minimum Gasteiger partial charge on any atom is -0.382 e. The molecule has 1 saturated carbocycles. The molecule has 5 nitrogen and oxygen atoms in total. The quantitative estimate of drug-likeness (QED) is 0.917. The molecule has 1 aromatic rings. The van der Waals surface area contributed by atoms with Crippen LogP contribution in [0.15, 0.2) is 12.3 Å². The SMILES string of the molecule is Nc1ncc(C(=O)N2CCN(CC3CC3)CC2)cc1Cl. The molecule has 2 N–H and O–H groups in total. The van der Waals surface area contributed by atoms with E-state index in [0.29, 0.717) is 10.6 Å². The average Bonchev–Trinajstić information content (AvgIpc) is 3.26. The van der Waals surface area contributed by atoms with E-state index < -0.39 is 0 Å². The van der Waals surface area contributed by atoms with Gasteiger partial charge < -0.3 is 10.6 Å². The van der Waals surface area contributed by atoms with E-state index in [1.165, 1.54) is 25.6 Å². The van der Waals surface area contributed by atoms with Crippen molar-refractivity contribution in [3.63, 3.8) is 0 Å². The second-order valence-corrected chi connectivity index (χ2v) is 6.03. The number of nitrogens with two attached hydrogens (primary N) is 1. The van der Waals surface area contributed by atoms with Crippen LogP contribution in [-0.4, -0.2) is 53.4 Å². The topological polar surface area (TPSA) is 62.5 Å². The van der Waals surface area contributed by atoms with Crippen LogP contribution in [0.1, 0.15) is 23.2 Å². The van der Waals surface area contributed by atoms with E-state index in [9.17, 15) is 4.79 Å². The number of hydrogen-bond donors (Lipinski definition) is 1. The van der Waals surface area contributed by atoms with E-state index >= 15 is 0 Å². The zero-order valence-corrected chi connectivity index (χ0v) is 12.1. The lowest BCUT2D eigenvalue weighted by atomic mass is 10.2. The highest BCUT2D eigenvalue weighted by molar-refractivity contribution is 6.33. The molecule has 0 spiro atoms. The number of aromatic nitrogens is 1. The standard InChI is InChI=1S/C14H19ClN4O/c15-12-7-11(8-17-13(12)16)14(20)19-5-3-18(4-6-19)9-10-1-2-10/h7-8,10H,1-6,9H2,(H2,16,17). The van der Waals surface area contributed by atoms with Gasteiger partial charge in [0.15, 0.2) is 0 Å². The zero-order valence-electron chi connectivity index (χ0n) is 11.4. The molecule has 3 rings (SSSR count). The highest BCUT2D eigenvalue weighted by Crippen LogP contribution is 2.30. The van der Waals surface area contributed by atoms with Gasteiger partial charge in [-0.05, 0) is 24.8 Å². The monoisotopic (exact) mass is 294 g/mol. The summed E-state index contributed by atoms with van der Waals surface area (Å²) in [6.45, 7) is 4.65. The number of carbonyl (C=O) groups is 1. The number of rotatable bonds is 3. The molecule has 20 heavy (non-hydrogen) atoms. The number of pyridine rings is 1. The van der Waals surface area contributed by atoms with Gasteiger partial charge in [0.05, 0.1) is 10.6 Å². The minimum atomic E-state index is -0.00882. The van der Waals surface area contributed by atoms with Gasteiger partial charge in [-0.2, -0.15) is 0 Å². The van der Waals surface area contributed by atoms with Crippen molar-refractivity contribution in [1.82, 2.24) is 14.8 Å². The third-order valence-corrected chi connectivity index (χ3v) is 4.29. The fraction of sp³-hybridized carbons (Fsp3) is 0.571. The Labute approximate surface area is 123 Å². The maximum Gasteiger partial charge on any atom is 0.255 e. The van der Waals surface area contributed by atoms with E-state index in [1.54, 1.807) is 6.07 Å². The summed E-state index contributed by atoms with van der Waals surface area (Å²) in [4.78, 5) is 20.6. The fourth-order valence-electron chi connectivity index (χ4n) is 2.55. The molecule has 0 atom stereocenters. The van der Waals surface area contributed by atoms with Crippen LogP contribution < -0.4 is 5.73 Å². The number of hydrogen-bond acceptors (Lipinski definition) is 4. The Kier molecular flexibility index (Phi) is 3.81. The molecule has 2 aliphatic rings. The lowest BCUT2D eigenvalue weighted by molar-refractivity contribution is 0.0631. The van der Waals surface area contributed by atoms with Gasteiger partial charge in [0.1, 0.15) is 5.82 Å². The lowest BCUT2D eigenvalue weighted by Crippen LogP contribution is -2.49. The van der Waals surface area contributed by atoms with Crippen LogP contribution in [0.5, 0.6) is 0 Å². The predicted octanol–water partition coefficient (Wildman–Crippen LogP) is 1.48. The Morgan fingerprint density at radius 3 is 2.65 bits per heavy atom. The van der Waals surface area contributed by atoms with Crippen LogP contribution in [0, 0.1) is 5.92 Å². The van der Waals surface area contributed by atoms with Gasteiger partial charge in [-0.3, -0.25) is 9.69 Å². The third kappa shape index (κ3) is 3.04. The molecule has 0 unspecified atom stereocenters. The first kappa shape index (κ1) is 13.6. The number of nitrogens with zero attached hydrogens (tertiary/aromatic N) is 3. The van der Waals surface area contributed by atoms with Crippen LogP contribution in [0.3, 0.4) is 0 Å². The molecule has 108 valence electrons. The van der Waals surface area contributed by atoms with Crippen LogP contribution in [0.2, 0.25) is 5.02 Å². The van der Waals surface area contributed by atoms with Gasteiger partial charge in [0.2, 0.25) is 0 Å². The van der Waals surface area contributed by atoms with Gasteiger partial charge in [0.25, 0.3) is 5.91 Å². The largest absolute Gasteiger partial charge is 0.382 e. The van der Waals surface area contributed by atoms with Crippen molar-refractivity contribution in [2.24, 2.45) is 5.92 Å². The van der Waals surface area contributed by atoms with Gasteiger partial charge >= 0.3 is 0 Å². The molecule has 0 radical (unpaired) electrons. The first-order valence-corrected chi connectivity index (χ1v) is 7.44. The van der Waals surface area contributed by atoms with Crippen molar-refractivity contribution in [1.29, 1.82) is 0 Å². The van der Waals surface area contributed by atoms with Gasteiger partial charge in [-0.15, -0.1) is 0 Å². The van der Waals surface area contributed by atoms with Gasteiger partial charge in [-0.25, -0.2) is 4.98 Å². The third-order valence-electron chi connectivity index (χ3n) is 3.99. The second kappa shape index (κ2) is 5.58. The number of nitrogen functional groups attached to an aromatic ring is 1. The Balaban J connectivity index is 1.58. The summed E-state index contributed by atoms with van der Waals surface area (Å²) in [6.07, 6.45) is 4.24. The zero-order chi connectivity index (χ0) is 14.1. The van der Waals surface area contributed by atoms with Gasteiger partial charge in [-0.1, -0.05) is 11.6 Å². The molecular weight excluding hydrogens is 276 g/mol. The molecule has 1 aliphatic carbocycles. The van der Waals surface area contributed by atoms with Crippen LogP contribution in [0.25, 0.3) is 0 Å². The van der Waals surface area contributed by atoms with Crippen molar-refractivity contribution >= 4 is 23.3 Å². The molecule has 1 amide bonds. The summed E-state index contributed by atoms with van der Waals surface area (Å²) in [5, 5.41) is 0.336. The molecule has 1 aromatic heterocycles. The second-order valence-electron chi connectivity index (χ2n) is 5.63. The van der Waals surface area contributed by atoms with Crippen molar-refractivity contribution in [2.75, 3.05) is 38.5 Å². The molecule has 0 bridgehead atoms. The number of amides is 1. The average molecular weight is 295 g/mol. The number of carbonyl (C=O) groups excluding carboxylic acids is 1. The van der Waals surface area contributed by atoms with Crippen LogP contribution in [0.4, 0.5) is 5.82 Å². The van der Waals surface area contributed by atoms with E-state index in [1.807, 2.05) is 4.90 Å². The predicted molar refractivity (Wildman–Crippen MR) is 78.7 cm³/mol. The first-order chi connectivity index (χ1) is 9.63. The number of piperazine rings is 1. The summed E-state index contributed by atoms with van der Waals surface area (Å²) < 4.78 is 0. The lowest BCUT2D eigenvalue weighted by Gasteiger charge is -2.34. The van der Waals surface area contributed by atoms with E-state index in [0.717, 1.165) is 32.1 Å². The van der Waals surface area contributed by atoms with Crippen LogP contribution >= 0.6 is 11.6 Å². The summed E-state index contributed by atoms with van der Waals surface area (Å²) in [5.74, 6) is 1.15. The normalized spacial score (nSPS) is 20.1. The number of anilines is 1. The minimum absolute atomic E-state index is 0.00882. The van der Waals surface area contributed by atoms with Crippen LogP contribution in [-0.2, 0) is 0 Å². The highest BCUT2D eigenvalue weighted by Gasteiger charge is 2.28. The maximum absolute atomic E-state index is 12.4. The van der Waals surface area contributed by atoms with E-state index in [4.69, 9.17) is 17.3 Å². The van der Waals surface area contributed by atoms with Crippen molar-refractivity contribution in [3.8, 4) is 0 Å². The maximum atomic E-state index is 12.4. The van der Waals surface area contributed by atoms with Crippen molar-refractivity contribution < 1.29 is 4.79 Å². The summed E-state index contributed by atoms with van der Waals surface area (Å²) >= 11 is 5.92. The summed E-state index contributed by atoms with van der Waals surface area (Å²) in [6, 6.07) is 1.60. The Morgan fingerprint density at radius 2 is 2.05 bits per heavy atom. The molecule has 2 heterocycles. The molecule has 1 saturated heterocycles.